The number of carbonyl (C=O) groups is 1. The lowest BCUT2D eigenvalue weighted by Gasteiger charge is -2.19. The molecule has 1 atom stereocenters. The van der Waals surface area contributed by atoms with Crippen LogP contribution in [0.1, 0.15) is 22.9 Å². The van der Waals surface area contributed by atoms with Crippen molar-refractivity contribution in [2.75, 3.05) is 5.75 Å². The highest BCUT2D eigenvalue weighted by molar-refractivity contribution is 9.10. The number of benzene rings is 2. The van der Waals surface area contributed by atoms with Crippen molar-refractivity contribution in [3.63, 3.8) is 0 Å². The zero-order valence-electron chi connectivity index (χ0n) is 14.4. The van der Waals surface area contributed by atoms with E-state index in [-0.39, 0.29) is 11.9 Å². The Bertz CT molecular complexity index is 832. The van der Waals surface area contributed by atoms with Gasteiger partial charge in [-0.2, -0.15) is 0 Å². The van der Waals surface area contributed by atoms with Crippen LogP contribution in [0.4, 0.5) is 0 Å². The van der Waals surface area contributed by atoms with Gasteiger partial charge in [-0.3, -0.25) is 9.78 Å². The second-order valence-corrected chi connectivity index (χ2v) is 7.80. The molecule has 0 saturated heterocycles. The third kappa shape index (κ3) is 4.96. The van der Waals surface area contributed by atoms with Gasteiger partial charge in [0.15, 0.2) is 0 Å². The number of pyridine rings is 1. The van der Waals surface area contributed by atoms with Crippen molar-refractivity contribution in [1.29, 1.82) is 0 Å². The Balaban J connectivity index is 1.71. The summed E-state index contributed by atoms with van der Waals surface area (Å²) in [5, 5.41) is 3.12. The first kappa shape index (κ1) is 18.7. The first-order valence-electron chi connectivity index (χ1n) is 8.27. The molecule has 0 radical (unpaired) electrons. The Hall–Kier alpha value is -2.11. The number of aryl methyl sites for hydroxylation is 1. The molecule has 1 aromatic heterocycles. The summed E-state index contributed by atoms with van der Waals surface area (Å²) in [6.07, 6.45) is 1.75. The van der Waals surface area contributed by atoms with Gasteiger partial charge in [-0.25, -0.2) is 0 Å². The summed E-state index contributed by atoms with van der Waals surface area (Å²) in [5.74, 6) is 0.343. The monoisotopic (exact) mass is 426 g/mol. The minimum atomic E-state index is -0.253. The molecular weight excluding hydrogens is 408 g/mol. The van der Waals surface area contributed by atoms with Gasteiger partial charge in [-0.05, 0) is 48.4 Å². The standard InChI is InChI=1S/C21H19BrN2OS/c1-15-13-17(22)10-11-19(15)26-14-20(25)24-21(16-7-3-2-4-8-16)18-9-5-6-12-23-18/h2-13,21H,14H2,1H3,(H,24,25). The van der Waals surface area contributed by atoms with Crippen molar-refractivity contribution >= 4 is 33.6 Å². The van der Waals surface area contributed by atoms with Crippen molar-refractivity contribution in [2.24, 2.45) is 0 Å². The van der Waals surface area contributed by atoms with Crippen molar-refractivity contribution in [2.45, 2.75) is 17.9 Å². The topological polar surface area (TPSA) is 42.0 Å². The van der Waals surface area contributed by atoms with Gasteiger partial charge in [-0.15, -0.1) is 11.8 Å². The molecule has 0 aliphatic carbocycles. The van der Waals surface area contributed by atoms with E-state index in [0.717, 1.165) is 26.2 Å². The number of nitrogens with zero attached hydrogens (tertiary/aromatic N) is 1. The molecular formula is C21H19BrN2OS. The molecule has 3 rings (SSSR count). The third-order valence-electron chi connectivity index (χ3n) is 3.92. The van der Waals surface area contributed by atoms with Gasteiger partial charge in [-0.1, -0.05) is 52.3 Å². The number of nitrogens with one attached hydrogen (secondary N) is 1. The summed E-state index contributed by atoms with van der Waals surface area (Å²) < 4.78 is 1.04. The lowest BCUT2D eigenvalue weighted by Crippen LogP contribution is -2.31. The fourth-order valence-corrected chi connectivity index (χ4v) is 3.94. The molecule has 1 N–H and O–H groups in total. The molecule has 1 heterocycles. The van der Waals surface area contributed by atoms with Crippen LogP contribution in [0.5, 0.6) is 0 Å². The summed E-state index contributed by atoms with van der Waals surface area (Å²) in [6, 6.07) is 21.5. The molecule has 5 heteroatoms. The number of amides is 1. The van der Waals surface area contributed by atoms with E-state index < -0.39 is 0 Å². The van der Waals surface area contributed by atoms with Crippen molar-refractivity contribution in [3.8, 4) is 0 Å². The van der Waals surface area contributed by atoms with E-state index in [2.05, 4.69) is 32.3 Å². The van der Waals surface area contributed by atoms with E-state index in [1.54, 1.807) is 18.0 Å². The molecule has 0 spiro atoms. The van der Waals surface area contributed by atoms with Crippen LogP contribution in [0.15, 0.2) is 82.3 Å². The highest BCUT2D eigenvalue weighted by Crippen LogP contribution is 2.26. The second-order valence-electron chi connectivity index (χ2n) is 5.86. The maximum absolute atomic E-state index is 12.6. The maximum atomic E-state index is 12.6. The first-order valence-corrected chi connectivity index (χ1v) is 10.1. The third-order valence-corrected chi connectivity index (χ3v) is 5.59. The van der Waals surface area contributed by atoms with Crippen molar-refractivity contribution < 1.29 is 4.79 Å². The fraction of sp³-hybridized carbons (Fsp3) is 0.143. The summed E-state index contributed by atoms with van der Waals surface area (Å²) in [7, 11) is 0. The molecule has 0 bridgehead atoms. The quantitative estimate of drug-likeness (QED) is 0.554. The van der Waals surface area contributed by atoms with Crippen LogP contribution in [0.3, 0.4) is 0 Å². The van der Waals surface area contributed by atoms with Gasteiger partial charge in [0.1, 0.15) is 0 Å². The van der Waals surface area contributed by atoms with Gasteiger partial charge in [0.25, 0.3) is 0 Å². The van der Waals surface area contributed by atoms with Crippen LogP contribution in [-0.2, 0) is 4.79 Å². The molecule has 0 aliphatic rings. The zero-order valence-corrected chi connectivity index (χ0v) is 16.8. The largest absolute Gasteiger partial charge is 0.343 e. The number of rotatable bonds is 6. The van der Waals surface area contributed by atoms with Crippen LogP contribution in [0.25, 0.3) is 0 Å². The molecule has 0 saturated carbocycles. The van der Waals surface area contributed by atoms with E-state index in [9.17, 15) is 4.79 Å². The maximum Gasteiger partial charge on any atom is 0.231 e. The zero-order chi connectivity index (χ0) is 18.4. The Morgan fingerprint density at radius 1 is 1.12 bits per heavy atom. The van der Waals surface area contributed by atoms with Crippen LogP contribution in [0, 0.1) is 6.92 Å². The number of carbonyl (C=O) groups excluding carboxylic acids is 1. The number of hydrogen-bond acceptors (Lipinski definition) is 3. The Labute approximate surface area is 166 Å². The molecule has 3 nitrogen and oxygen atoms in total. The molecule has 26 heavy (non-hydrogen) atoms. The average Bonchev–Trinajstić information content (AvgIpc) is 2.67. The van der Waals surface area contributed by atoms with Gasteiger partial charge >= 0.3 is 0 Å². The van der Waals surface area contributed by atoms with Crippen LogP contribution in [0.2, 0.25) is 0 Å². The summed E-state index contributed by atoms with van der Waals surface area (Å²) >= 11 is 5.01. The van der Waals surface area contributed by atoms with Gasteiger partial charge < -0.3 is 5.32 Å². The summed E-state index contributed by atoms with van der Waals surface area (Å²) in [6.45, 7) is 2.05. The predicted octanol–water partition coefficient (Wildman–Crippen LogP) is 5.15. The molecule has 1 amide bonds. The number of halogens is 1. The van der Waals surface area contributed by atoms with Gasteiger partial charge in [0.2, 0.25) is 5.91 Å². The molecule has 2 aromatic carbocycles. The van der Waals surface area contributed by atoms with Crippen LogP contribution < -0.4 is 5.32 Å². The van der Waals surface area contributed by atoms with E-state index in [0.29, 0.717) is 5.75 Å². The molecule has 0 fully saturated rings. The highest BCUT2D eigenvalue weighted by Gasteiger charge is 2.18. The lowest BCUT2D eigenvalue weighted by atomic mass is 10.0. The Morgan fingerprint density at radius 3 is 2.58 bits per heavy atom. The molecule has 132 valence electrons. The Morgan fingerprint density at radius 2 is 1.88 bits per heavy atom. The van der Waals surface area contributed by atoms with E-state index >= 15 is 0 Å². The van der Waals surface area contributed by atoms with Crippen molar-refractivity contribution in [1.82, 2.24) is 10.3 Å². The minimum absolute atomic E-state index is 0.0168. The van der Waals surface area contributed by atoms with Gasteiger partial charge in [0, 0.05) is 15.6 Å². The lowest BCUT2D eigenvalue weighted by molar-refractivity contribution is -0.119. The highest BCUT2D eigenvalue weighted by atomic mass is 79.9. The number of aromatic nitrogens is 1. The number of thioether (sulfide) groups is 1. The normalized spacial score (nSPS) is 11.8. The average molecular weight is 427 g/mol. The minimum Gasteiger partial charge on any atom is -0.343 e. The predicted molar refractivity (Wildman–Crippen MR) is 110 cm³/mol. The summed E-state index contributed by atoms with van der Waals surface area (Å²) in [4.78, 5) is 18.1. The smallest absolute Gasteiger partial charge is 0.231 e. The van der Waals surface area contributed by atoms with E-state index in [1.165, 1.54) is 0 Å². The second kappa shape index (κ2) is 9.01. The number of hydrogen-bond donors (Lipinski definition) is 1. The first-order chi connectivity index (χ1) is 12.6. The summed E-state index contributed by atoms with van der Waals surface area (Å²) in [5.41, 5.74) is 3.00. The van der Waals surface area contributed by atoms with Crippen LogP contribution in [-0.4, -0.2) is 16.6 Å². The van der Waals surface area contributed by atoms with Gasteiger partial charge in [0.05, 0.1) is 17.5 Å². The SMILES string of the molecule is Cc1cc(Br)ccc1SCC(=O)NC(c1ccccc1)c1ccccn1. The van der Waals surface area contributed by atoms with Crippen molar-refractivity contribution in [3.05, 3.63) is 94.2 Å². The van der Waals surface area contributed by atoms with E-state index in [1.807, 2.05) is 67.6 Å². The fourth-order valence-electron chi connectivity index (χ4n) is 2.64. The molecule has 0 aliphatic heterocycles. The van der Waals surface area contributed by atoms with E-state index in [4.69, 9.17) is 0 Å². The molecule has 3 aromatic rings. The Kier molecular flexibility index (Phi) is 6.47. The molecule has 1 unspecified atom stereocenters. The van der Waals surface area contributed by atoms with Crippen LogP contribution >= 0.6 is 27.7 Å².